The van der Waals surface area contributed by atoms with Gasteiger partial charge in [0.05, 0.1) is 11.2 Å². The highest BCUT2D eigenvalue weighted by Crippen LogP contribution is 2.38. The number of rotatable bonds is 7. The van der Waals surface area contributed by atoms with Crippen molar-refractivity contribution in [3.05, 3.63) is 59.3 Å². The number of amides is 1. The van der Waals surface area contributed by atoms with Crippen LogP contribution >= 0.6 is 0 Å². The average molecular weight is 424 g/mol. The molecule has 164 valence electrons. The Labute approximate surface area is 183 Å². The number of aromatic nitrogens is 2. The first-order valence-corrected chi connectivity index (χ1v) is 10.2. The molecule has 2 aromatic rings. The van der Waals surface area contributed by atoms with Crippen molar-refractivity contribution in [3.8, 4) is 0 Å². The minimum atomic E-state index is -0.622. The lowest BCUT2D eigenvalue weighted by Crippen LogP contribution is -2.41. The lowest BCUT2D eigenvalue weighted by atomic mass is 9.77. The van der Waals surface area contributed by atoms with Crippen molar-refractivity contribution in [3.63, 3.8) is 0 Å². The molecule has 8 nitrogen and oxygen atoms in total. The van der Waals surface area contributed by atoms with Crippen LogP contribution < -0.4 is 10.6 Å². The summed E-state index contributed by atoms with van der Waals surface area (Å²) in [6.07, 6.45) is 4.72. The van der Waals surface area contributed by atoms with Crippen molar-refractivity contribution >= 4 is 25.2 Å². The third-order valence-electron chi connectivity index (χ3n) is 5.45. The van der Waals surface area contributed by atoms with E-state index >= 15 is 0 Å². The van der Waals surface area contributed by atoms with Crippen LogP contribution in [0.1, 0.15) is 38.8 Å². The predicted molar refractivity (Wildman–Crippen MR) is 120 cm³/mol. The molecule has 1 fully saturated rings. The second-order valence-corrected chi connectivity index (χ2v) is 8.31. The lowest BCUT2D eigenvalue weighted by Gasteiger charge is -2.32. The topological polar surface area (TPSA) is 94.6 Å². The molecule has 1 aromatic carbocycles. The summed E-state index contributed by atoms with van der Waals surface area (Å²) in [4.78, 5) is 20.7. The summed E-state index contributed by atoms with van der Waals surface area (Å²) in [5.41, 5.74) is 1.41. The maximum atomic E-state index is 12.3. The van der Waals surface area contributed by atoms with Gasteiger partial charge in [0.2, 0.25) is 5.95 Å². The van der Waals surface area contributed by atoms with Crippen LogP contribution in [-0.2, 0) is 20.7 Å². The SMILES string of the molecule is CNc1ncc(C=C(CNC(=O)OCc2ccccc2)B2OC(C)(C)C(C)(C)O2)cn1. The Kier molecular flexibility index (Phi) is 6.97. The first kappa shape index (κ1) is 22.8. The van der Waals surface area contributed by atoms with E-state index < -0.39 is 24.4 Å². The monoisotopic (exact) mass is 424 g/mol. The van der Waals surface area contributed by atoms with Gasteiger partial charge in [-0.05, 0) is 38.7 Å². The molecule has 3 rings (SSSR count). The van der Waals surface area contributed by atoms with E-state index in [9.17, 15) is 4.79 Å². The van der Waals surface area contributed by atoms with E-state index in [2.05, 4.69) is 20.6 Å². The van der Waals surface area contributed by atoms with Crippen LogP contribution in [0.2, 0.25) is 0 Å². The minimum absolute atomic E-state index is 0.193. The van der Waals surface area contributed by atoms with E-state index in [-0.39, 0.29) is 13.2 Å². The van der Waals surface area contributed by atoms with Gasteiger partial charge >= 0.3 is 13.2 Å². The number of ether oxygens (including phenoxy) is 1. The molecule has 0 unspecified atom stereocenters. The summed E-state index contributed by atoms with van der Waals surface area (Å²) < 4.78 is 17.6. The summed E-state index contributed by atoms with van der Waals surface area (Å²) >= 11 is 0. The zero-order chi connectivity index (χ0) is 22.5. The first-order chi connectivity index (χ1) is 14.7. The molecule has 0 bridgehead atoms. The van der Waals surface area contributed by atoms with Gasteiger partial charge in [-0.25, -0.2) is 14.8 Å². The summed E-state index contributed by atoms with van der Waals surface area (Å²) in [5.74, 6) is 0.525. The molecule has 1 aliphatic rings. The Hall–Kier alpha value is -2.91. The molecule has 1 saturated heterocycles. The molecule has 1 aliphatic heterocycles. The first-order valence-electron chi connectivity index (χ1n) is 10.2. The van der Waals surface area contributed by atoms with Crippen LogP contribution in [0, 0.1) is 0 Å². The van der Waals surface area contributed by atoms with Gasteiger partial charge in [-0.15, -0.1) is 0 Å². The van der Waals surface area contributed by atoms with Gasteiger partial charge in [-0.2, -0.15) is 0 Å². The Bertz CT molecular complexity index is 901. The molecule has 2 N–H and O–H groups in total. The smallest absolute Gasteiger partial charge is 0.445 e. The Morgan fingerprint density at radius 3 is 2.29 bits per heavy atom. The third kappa shape index (κ3) is 5.83. The number of nitrogens with one attached hydrogen (secondary N) is 2. The molecule has 0 atom stereocenters. The zero-order valence-corrected chi connectivity index (χ0v) is 18.6. The number of carbonyl (C=O) groups is 1. The molecule has 1 aromatic heterocycles. The minimum Gasteiger partial charge on any atom is -0.445 e. The molecule has 1 amide bonds. The Morgan fingerprint density at radius 2 is 1.71 bits per heavy atom. The molecule has 31 heavy (non-hydrogen) atoms. The van der Waals surface area contributed by atoms with Crippen molar-refractivity contribution in [2.45, 2.75) is 45.5 Å². The second kappa shape index (κ2) is 9.49. The van der Waals surface area contributed by atoms with Gasteiger partial charge in [-0.3, -0.25) is 0 Å². The van der Waals surface area contributed by atoms with Crippen LogP contribution in [0.15, 0.2) is 48.2 Å². The highest BCUT2D eigenvalue weighted by molar-refractivity contribution is 6.56. The molecule has 0 saturated carbocycles. The average Bonchev–Trinajstić information content (AvgIpc) is 2.97. The molecular formula is C22H29BN4O4. The van der Waals surface area contributed by atoms with E-state index in [0.717, 1.165) is 16.6 Å². The summed E-state index contributed by atoms with van der Waals surface area (Å²) in [6.45, 7) is 8.32. The van der Waals surface area contributed by atoms with E-state index in [1.54, 1.807) is 19.4 Å². The zero-order valence-electron chi connectivity index (χ0n) is 18.6. The summed E-state index contributed by atoms with van der Waals surface area (Å²) in [7, 11) is 1.13. The van der Waals surface area contributed by atoms with Crippen LogP contribution in [0.5, 0.6) is 0 Å². The van der Waals surface area contributed by atoms with E-state index in [4.69, 9.17) is 14.0 Å². The van der Waals surface area contributed by atoms with Gasteiger partial charge in [0.25, 0.3) is 0 Å². The Morgan fingerprint density at radius 1 is 1.10 bits per heavy atom. The van der Waals surface area contributed by atoms with Crippen LogP contribution in [-0.4, -0.2) is 48.0 Å². The largest absolute Gasteiger partial charge is 0.492 e. The highest BCUT2D eigenvalue weighted by Gasteiger charge is 2.52. The molecule has 2 heterocycles. The Balaban J connectivity index is 1.71. The van der Waals surface area contributed by atoms with E-state index in [1.165, 1.54) is 0 Å². The molecule has 0 radical (unpaired) electrons. The number of nitrogens with zero attached hydrogens (tertiary/aromatic N) is 2. The van der Waals surface area contributed by atoms with Crippen molar-refractivity contribution in [2.75, 3.05) is 18.9 Å². The molecule has 9 heteroatoms. The van der Waals surface area contributed by atoms with Crippen LogP contribution in [0.3, 0.4) is 0 Å². The van der Waals surface area contributed by atoms with Crippen LogP contribution in [0.4, 0.5) is 10.7 Å². The van der Waals surface area contributed by atoms with Gasteiger partial charge in [0, 0.05) is 31.5 Å². The third-order valence-corrected chi connectivity index (χ3v) is 5.45. The predicted octanol–water partition coefficient (Wildman–Crippen LogP) is 3.46. The lowest BCUT2D eigenvalue weighted by molar-refractivity contribution is 0.00578. The van der Waals surface area contributed by atoms with Gasteiger partial charge in [0.15, 0.2) is 0 Å². The van der Waals surface area contributed by atoms with Crippen molar-refractivity contribution in [2.24, 2.45) is 0 Å². The number of hydrogen-bond acceptors (Lipinski definition) is 7. The molecule has 0 aliphatic carbocycles. The van der Waals surface area contributed by atoms with E-state index in [0.29, 0.717) is 5.95 Å². The number of hydrogen-bond donors (Lipinski definition) is 2. The number of benzene rings is 1. The van der Waals surface area contributed by atoms with Crippen molar-refractivity contribution in [1.29, 1.82) is 0 Å². The number of alkyl carbamates (subject to hydrolysis) is 1. The number of carbonyl (C=O) groups excluding carboxylic acids is 1. The normalized spacial score (nSPS) is 17.3. The summed E-state index contributed by atoms with van der Waals surface area (Å²) in [6, 6.07) is 9.52. The molecule has 0 spiro atoms. The standard InChI is InChI=1S/C22H29BN4O4/c1-21(2)22(3,4)31-23(30-21)18(11-17-12-25-19(24-5)26-13-17)14-27-20(28)29-15-16-9-7-6-8-10-16/h6-13H,14-15H2,1-5H3,(H,27,28)(H,24,25,26). The quantitative estimate of drug-likeness (QED) is 0.658. The highest BCUT2D eigenvalue weighted by atomic mass is 16.7. The maximum Gasteiger partial charge on any atom is 0.492 e. The fourth-order valence-electron chi connectivity index (χ4n) is 2.90. The fraction of sp³-hybridized carbons (Fsp3) is 0.409. The summed E-state index contributed by atoms with van der Waals surface area (Å²) in [5, 5.41) is 5.67. The van der Waals surface area contributed by atoms with Crippen LogP contribution in [0.25, 0.3) is 6.08 Å². The van der Waals surface area contributed by atoms with Gasteiger partial charge in [0.1, 0.15) is 6.61 Å². The maximum absolute atomic E-state index is 12.3. The van der Waals surface area contributed by atoms with Crippen molar-refractivity contribution in [1.82, 2.24) is 15.3 Å². The van der Waals surface area contributed by atoms with Gasteiger partial charge < -0.3 is 24.7 Å². The number of anilines is 1. The van der Waals surface area contributed by atoms with Gasteiger partial charge in [-0.1, -0.05) is 36.4 Å². The second-order valence-electron chi connectivity index (χ2n) is 8.31. The fourth-order valence-corrected chi connectivity index (χ4v) is 2.90. The molecular weight excluding hydrogens is 395 g/mol. The van der Waals surface area contributed by atoms with Crippen molar-refractivity contribution < 1.29 is 18.8 Å². The van der Waals surface area contributed by atoms with E-state index in [1.807, 2.05) is 64.1 Å².